The van der Waals surface area contributed by atoms with E-state index in [0.717, 1.165) is 22.6 Å². The second-order valence-corrected chi connectivity index (χ2v) is 17.3. The molecule has 0 aliphatic carbocycles. The average molecular weight is 502 g/mol. The Hall–Kier alpha value is -1.76. The van der Waals surface area contributed by atoms with Crippen LogP contribution in [0, 0.1) is 0 Å². The van der Waals surface area contributed by atoms with Gasteiger partial charge in [-0.05, 0) is 55.1 Å². The number of carbonyl (C=O) groups excluding carboxylic acids is 1. The zero-order valence-corrected chi connectivity index (χ0v) is 23.9. The zero-order chi connectivity index (χ0) is 25.4. The van der Waals surface area contributed by atoms with Crippen LogP contribution in [-0.2, 0) is 22.2 Å². The number of pyridine rings is 2. The smallest absolute Gasteiger partial charge is 0.236 e. The van der Waals surface area contributed by atoms with Crippen LogP contribution in [0.1, 0.15) is 85.1 Å². The summed E-state index contributed by atoms with van der Waals surface area (Å²) >= 11 is 6.37. The van der Waals surface area contributed by atoms with E-state index in [4.69, 9.17) is 16.0 Å². The third-order valence-electron chi connectivity index (χ3n) is 7.20. The summed E-state index contributed by atoms with van der Waals surface area (Å²) in [7, 11) is -2.06. The Bertz CT molecular complexity index is 1010. The number of halogens is 1. The van der Waals surface area contributed by atoms with Gasteiger partial charge in [-0.25, -0.2) is 4.98 Å². The maximum absolute atomic E-state index is 13.6. The Morgan fingerprint density at radius 3 is 2.26 bits per heavy atom. The van der Waals surface area contributed by atoms with Crippen LogP contribution in [0.5, 0.6) is 0 Å². The predicted octanol–water partition coefficient (Wildman–Crippen LogP) is 7.29. The highest BCUT2D eigenvalue weighted by atomic mass is 35.5. The summed E-state index contributed by atoms with van der Waals surface area (Å²) in [6, 6.07) is 5.87. The van der Waals surface area contributed by atoms with Crippen molar-refractivity contribution in [3.05, 3.63) is 52.4 Å². The Kier molecular flexibility index (Phi) is 7.95. The van der Waals surface area contributed by atoms with Crippen molar-refractivity contribution in [2.75, 3.05) is 4.90 Å². The second-order valence-electron chi connectivity index (χ2n) is 11.4. The molecule has 0 fully saturated rings. The summed E-state index contributed by atoms with van der Waals surface area (Å²) in [6.45, 7) is 20.3. The van der Waals surface area contributed by atoms with E-state index in [9.17, 15) is 4.79 Å². The number of aromatic nitrogens is 2. The number of hydrogen-bond acceptors (Lipinski definition) is 4. The number of nitrogens with zero attached hydrogens (tertiary/aromatic N) is 3. The van der Waals surface area contributed by atoms with Gasteiger partial charge in [0.1, 0.15) is 5.82 Å². The van der Waals surface area contributed by atoms with Gasteiger partial charge in [-0.1, -0.05) is 59.2 Å². The number of carbonyl (C=O) groups is 1. The van der Waals surface area contributed by atoms with Gasteiger partial charge >= 0.3 is 0 Å². The van der Waals surface area contributed by atoms with E-state index in [1.165, 1.54) is 0 Å². The lowest BCUT2D eigenvalue weighted by molar-refractivity contribution is -0.120. The van der Waals surface area contributed by atoms with Crippen LogP contribution >= 0.6 is 11.6 Å². The summed E-state index contributed by atoms with van der Waals surface area (Å²) in [5.74, 6) is 0.500. The number of hydrogen-bond donors (Lipinski definition) is 0. The predicted molar refractivity (Wildman–Crippen MR) is 143 cm³/mol. The molecule has 1 aliphatic heterocycles. The fourth-order valence-corrected chi connectivity index (χ4v) is 11.4. The molecule has 3 heterocycles. The van der Waals surface area contributed by atoms with Crippen LogP contribution in [0.15, 0.2) is 30.6 Å². The Morgan fingerprint density at radius 2 is 1.71 bits per heavy atom. The third-order valence-corrected chi connectivity index (χ3v) is 13.5. The standard InChI is InChI=1S/C27H40ClN3O2Si/c1-17(2)34(18(3)4,19(5)6)33-16-20-13-21(28)15-30-24(20)14-23-22-11-10-12-29-25(22)31(26(23)32)27(7,8)9/h10-13,15,17-19,23H,14,16H2,1-9H3. The highest BCUT2D eigenvalue weighted by molar-refractivity contribution is 6.77. The summed E-state index contributed by atoms with van der Waals surface area (Å²) < 4.78 is 6.86. The molecule has 0 bridgehead atoms. The van der Waals surface area contributed by atoms with E-state index < -0.39 is 8.32 Å². The fourth-order valence-electron chi connectivity index (χ4n) is 5.82. The first-order chi connectivity index (χ1) is 15.8. The molecule has 7 heteroatoms. The molecule has 5 nitrogen and oxygen atoms in total. The summed E-state index contributed by atoms with van der Waals surface area (Å²) in [5, 5.41) is 0.587. The molecule has 2 aromatic rings. The highest BCUT2D eigenvalue weighted by Crippen LogP contribution is 2.44. The van der Waals surface area contributed by atoms with Gasteiger partial charge in [0, 0.05) is 35.6 Å². The van der Waals surface area contributed by atoms with Crippen molar-refractivity contribution in [3.8, 4) is 0 Å². The molecule has 34 heavy (non-hydrogen) atoms. The van der Waals surface area contributed by atoms with Crippen LogP contribution in [0.4, 0.5) is 5.82 Å². The van der Waals surface area contributed by atoms with Crippen LogP contribution in [-0.4, -0.2) is 29.7 Å². The van der Waals surface area contributed by atoms with E-state index in [2.05, 4.69) is 51.5 Å². The Labute approximate surface area is 211 Å². The van der Waals surface area contributed by atoms with Crippen molar-refractivity contribution in [2.24, 2.45) is 0 Å². The number of anilines is 1. The molecule has 0 saturated carbocycles. The first kappa shape index (κ1) is 26.8. The summed E-state index contributed by atoms with van der Waals surface area (Å²) in [6.07, 6.45) is 3.92. The lowest BCUT2D eigenvalue weighted by Gasteiger charge is -2.42. The molecule has 186 valence electrons. The highest BCUT2D eigenvalue weighted by Gasteiger charge is 2.46. The molecule has 1 unspecified atom stereocenters. The largest absolute Gasteiger partial charge is 0.412 e. The number of fused-ring (bicyclic) bond motifs is 1. The van der Waals surface area contributed by atoms with Gasteiger partial charge in [0.25, 0.3) is 0 Å². The molecule has 1 aliphatic rings. The summed E-state index contributed by atoms with van der Waals surface area (Å²) in [4.78, 5) is 24.7. The zero-order valence-electron chi connectivity index (χ0n) is 22.1. The quantitative estimate of drug-likeness (QED) is 0.356. The van der Waals surface area contributed by atoms with Gasteiger partial charge in [-0.15, -0.1) is 0 Å². The SMILES string of the molecule is CC(C)[Si](OCc1cc(Cl)cnc1CC1C(=O)N(C(C)(C)C)c2ncccc21)(C(C)C)C(C)C. The van der Waals surface area contributed by atoms with Gasteiger partial charge in [0.05, 0.1) is 17.5 Å². The third kappa shape index (κ3) is 4.95. The Morgan fingerprint density at radius 1 is 1.09 bits per heavy atom. The van der Waals surface area contributed by atoms with Gasteiger partial charge in [-0.3, -0.25) is 14.7 Å². The molecular formula is C27H40ClN3O2Si. The molecule has 1 amide bonds. The van der Waals surface area contributed by atoms with E-state index in [1.807, 2.05) is 43.9 Å². The first-order valence-corrected chi connectivity index (χ1v) is 14.9. The molecule has 0 saturated heterocycles. The number of amides is 1. The van der Waals surface area contributed by atoms with Crippen molar-refractivity contribution >= 4 is 31.6 Å². The van der Waals surface area contributed by atoms with Gasteiger partial charge in [0.15, 0.2) is 0 Å². The van der Waals surface area contributed by atoms with E-state index in [1.54, 1.807) is 12.4 Å². The van der Waals surface area contributed by atoms with E-state index in [0.29, 0.717) is 34.7 Å². The van der Waals surface area contributed by atoms with Crippen LogP contribution in [0.2, 0.25) is 21.6 Å². The van der Waals surface area contributed by atoms with Crippen LogP contribution in [0.3, 0.4) is 0 Å². The van der Waals surface area contributed by atoms with Crippen LogP contribution in [0.25, 0.3) is 0 Å². The lowest BCUT2D eigenvalue weighted by atomic mass is 9.94. The van der Waals surface area contributed by atoms with Crippen molar-refractivity contribution in [3.63, 3.8) is 0 Å². The van der Waals surface area contributed by atoms with E-state index >= 15 is 0 Å². The maximum Gasteiger partial charge on any atom is 0.236 e. The topological polar surface area (TPSA) is 55.3 Å². The minimum atomic E-state index is -2.06. The molecule has 0 N–H and O–H groups in total. The fraction of sp³-hybridized carbons (Fsp3) is 0.593. The maximum atomic E-state index is 13.6. The molecule has 0 spiro atoms. The molecule has 0 radical (unpaired) electrons. The molecule has 1 atom stereocenters. The first-order valence-electron chi connectivity index (χ1n) is 12.4. The Balaban J connectivity index is 1.96. The molecule has 3 rings (SSSR count). The summed E-state index contributed by atoms with van der Waals surface area (Å²) in [5.41, 5.74) is 3.90. The van der Waals surface area contributed by atoms with E-state index in [-0.39, 0.29) is 17.4 Å². The van der Waals surface area contributed by atoms with Gasteiger partial charge in [-0.2, -0.15) is 0 Å². The average Bonchev–Trinajstić information content (AvgIpc) is 3.01. The van der Waals surface area contributed by atoms with Crippen molar-refractivity contribution < 1.29 is 9.22 Å². The van der Waals surface area contributed by atoms with Crippen molar-refractivity contribution in [1.82, 2.24) is 9.97 Å². The molecular weight excluding hydrogens is 462 g/mol. The number of rotatable bonds is 8. The van der Waals surface area contributed by atoms with Gasteiger partial charge in [0.2, 0.25) is 14.2 Å². The molecule has 2 aromatic heterocycles. The van der Waals surface area contributed by atoms with Gasteiger partial charge < -0.3 is 4.43 Å². The monoisotopic (exact) mass is 501 g/mol. The normalized spacial score (nSPS) is 16.8. The molecule has 0 aromatic carbocycles. The van der Waals surface area contributed by atoms with Crippen molar-refractivity contribution in [2.45, 2.75) is 103 Å². The second kappa shape index (κ2) is 10.1. The van der Waals surface area contributed by atoms with Crippen LogP contribution < -0.4 is 4.90 Å². The van der Waals surface area contributed by atoms with Crippen molar-refractivity contribution in [1.29, 1.82) is 0 Å². The lowest BCUT2D eigenvalue weighted by Crippen LogP contribution is -2.47. The minimum Gasteiger partial charge on any atom is -0.412 e. The minimum absolute atomic E-state index is 0.0695.